The lowest BCUT2D eigenvalue weighted by molar-refractivity contribution is 0.409. The van der Waals surface area contributed by atoms with Gasteiger partial charge in [0.1, 0.15) is 11.6 Å². The Balaban J connectivity index is 1.78. The van der Waals surface area contributed by atoms with Gasteiger partial charge in [0.25, 0.3) is 0 Å². The van der Waals surface area contributed by atoms with Gasteiger partial charge in [-0.2, -0.15) is 0 Å². The van der Waals surface area contributed by atoms with Crippen molar-refractivity contribution in [3.63, 3.8) is 0 Å². The Kier molecular flexibility index (Phi) is 4.24. The molecule has 0 radical (unpaired) electrons. The highest BCUT2D eigenvalue weighted by atomic mass is 16.3. The van der Waals surface area contributed by atoms with Crippen molar-refractivity contribution in [3.05, 3.63) is 48.5 Å². The van der Waals surface area contributed by atoms with Crippen LogP contribution in [0.4, 0.5) is 5.82 Å². The molecule has 0 bridgehead atoms. The molecule has 128 valence electrons. The molecular formula is C20H22N4O. The fraction of sp³-hybridized carbons (Fsp3) is 0.300. The second kappa shape index (κ2) is 6.69. The van der Waals surface area contributed by atoms with E-state index < -0.39 is 0 Å². The fourth-order valence-corrected chi connectivity index (χ4v) is 3.52. The minimum Gasteiger partial charge on any atom is -0.507 e. The third-order valence-electron chi connectivity index (χ3n) is 4.80. The van der Waals surface area contributed by atoms with Crippen molar-refractivity contribution in [2.75, 3.05) is 5.32 Å². The molecule has 2 unspecified atom stereocenters. The van der Waals surface area contributed by atoms with Gasteiger partial charge >= 0.3 is 0 Å². The Bertz CT molecular complexity index is 896. The van der Waals surface area contributed by atoms with Crippen LogP contribution in [-0.4, -0.2) is 27.2 Å². The molecule has 1 heterocycles. The van der Waals surface area contributed by atoms with Gasteiger partial charge in [-0.1, -0.05) is 24.3 Å². The maximum atomic E-state index is 10.2. The van der Waals surface area contributed by atoms with Crippen LogP contribution in [0.3, 0.4) is 0 Å². The lowest BCUT2D eigenvalue weighted by Crippen LogP contribution is -2.35. The van der Waals surface area contributed by atoms with E-state index in [0.717, 1.165) is 42.4 Å². The van der Waals surface area contributed by atoms with Gasteiger partial charge in [0.05, 0.1) is 11.1 Å². The number of hydrogen-bond acceptors (Lipinski definition) is 5. The third kappa shape index (κ3) is 3.28. The molecular weight excluding hydrogens is 312 g/mol. The molecule has 4 N–H and O–H groups in total. The van der Waals surface area contributed by atoms with E-state index in [0.29, 0.717) is 17.4 Å². The van der Waals surface area contributed by atoms with Gasteiger partial charge in [0.2, 0.25) is 0 Å². The summed E-state index contributed by atoms with van der Waals surface area (Å²) in [6.45, 7) is 0. The highest BCUT2D eigenvalue weighted by molar-refractivity contribution is 5.91. The summed E-state index contributed by atoms with van der Waals surface area (Å²) in [6, 6.07) is 15.7. The van der Waals surface area contributed by atoms with Gasteiger partial charge in [-0.25, -0.2) is 9.97 Å². The normalized spacial score (nSPS) is 20.5. The Morgan fingerprint density at radius 2 is 1.80 bits per heavy atom. The molecule has 2 atom stereocenters. The number of benzene rings is 2. The summed E-state index contributed by atoms with van der Waals surface area (Å²) in [5, 5.41) is 14.7. The topological polar surface area (TPSA) is 84.1 Å². The fourth-order valence-electron chi connectivity index (χ4n) is 3.52. The summed E-state index contributed by atoms with van der Waals surface area (Å²) in [6.07, 6.45) is 4.27. The van der Waals surface area contributed by atoms with Gasteiger partial charge < -0.3 is 16.2 Å². The first-order chi connectivity index (χ1) is 12.2. The van der Waals surface area contributed by atoms with Crippen LogP contribution in [0.25, 0.3) is 22.3 Å². The molecule has 1 aliphatic carbocycles. The number of nitrogens with two attached hydrogens (primary N) is 1. The van der Waals surface area contributed by atoms with E-state index in [-0.39, 0.29) is 11.8 Å². The van der Waals surface area contributed by atoms with Crippen LogP contribution in [0.2, 0.25) is 0 Å². The van der Waals surface area contributed by atoms with Gasteiger partial charge in [0, 0.05) is 17.5 Å². The van der Waals surface area contributed by atoms with Crippen molar-refractivity contribution in [2.45, 2.75) is 37.8 Å². The predicted molar refractivity (Wildman–Crippen MR) is 100 cm³/mol. The molecule has 0 aliphatic heterocycles. The molecule has 0 saturated heterocycles. The monoisotopic (exact) mass is 334 g/mol. The standard InChI is InChI=1S/C20H22N4O/c21-13-6-5-7-14(12-13)22-19-15-8-1-3-10-17(15)23-20(24-19)16-9-2-4-11-18(16)25/h1-4,8-11,13-14,25H,5-7,12,21H2,(H,22,23,24). The number of nitrogens with zero attached hydrogens (tertiary/aromatic N) is 2. The first kappa shape index (κ1) is 15.8. The van der Waals surface area contributed by atoms with E-state index in [1.54, 1.807) is 12.1 Å². The van der Waals surface area contributed by atoms with Crippen LogP contribution in [0.1, 0.15) is 25.7 Å². The molecule has 1 aromatic heterocycles. The van der Waals surface area contributed by atoms with Crippen LogP contribution in [0, 0.1) is 0 Å². The Labute approximate surface area is 146 Å². The van der Waals surface area contributed by atoms with E-state index >= 15 is 0 Å². The summed E-state index contributed by atoms with van der Waals surface area (Å²) in [5.74, 6) is 1.52. The van der Waals surface area contributed by atoms with Crippen LogP contribution in [0.5, 0.6) is 5.75 Å². The Hall–Kier alpha value is -2.66. The molecule has 4 rings (SSSR count). The molecule has 1 aliphatic rings. The van der Waals surface area contributed by atoms with Crippen molar-refractivity contribution in [2.24, 2.45) is 5.73 Å². The number of para-hydroxylation sites is 2. The molecule has 1 saturated carbocycles. The first-order valence-electron chi connectivity index (χ1n) is 8.78. The van der Waals surface area contributed by atoms with E-state index in [1.807, 2.05) is 36.4 Å². The lowest BCUT2D eigenvalue weighted by atomic mass is 9.91. The minimum absolute atomic E-state index is 0.184. The number of nitrogens with one attached hydrogen (secondary N) is 1. The smallest absolute Gasteiger partial charge is 0.165 e. The van der Waals surface area contributed by atoms with E-state index in [4.69, 9.17) is 10.7 Å². The largest absolute Gasteiger partial charge is 0.507 e. The van der Waals surface area contributed by atoms with Crippen molar-refractivity contribution in [1.82, 2.24) is 9.97 Å². The maximum Gasteiger partial charge on any atom is 0.165 e. The van der Waals surface area contributed by atoms with Crippen LogP contribution in [-0.2, 0) is 0 Å². The SMILES string of the molecule is NC1CCCC(Nc2nc(-c3ccccc3O)nc3ccccc23)C1. The van der Waals surface area contributed by atoms with Crippen molar-refractivity contribution < 1.29 is 5.11 Å². The summed E-state index contributed by atoms with van der Waals surface area (Å²) in [4.78, 5) is 9.37. The highest BCUT2D eigenvalue weighted by Crippen LogP contribution is 2.31. The van der Waals surface area contributed by atoms with Gasteiger partial charge in [0.15, 0.2) is 5.82 Å². The average molecular weight is 334 g/mol. The minimum atomic E-state index is 0.184. The zero-order chi connectivity index (χ0) is 17.2. The van der Waals surface area contributed by atoms with Gasteiger partial charge in [-0.05, 0) is 49.9 Å². The number of aromatic hydroxyl groups is 1. The van der Waals surface area contributed by atoms with Crippen LogP contribution in [0.15, 0.2) is 48.5 Å². The Morgan fingerprint density at radius 3 is 2.64 bits per heavy atom. The molecule has 1 fully saturated rings. The number of rotatable bonds is 3. The van der Waals surface area contributed by atoms with Crippen molar-refractivity contribution >= 4 is 16.7 Å². The maximum absolute atomic E-state index is 10.2. The molecule has 25 heavy (non-hydrogen) atoms. The molecule has 0 spiro atoms. The van der Waals surface area contributed by atoms with Crippen LogP contribution >= 0.6 is 0 Å². The van der Waals surface area contributed by atoms with Gasteiger partial charge in [-0.3, -0.25) is 0 Å². The van der Waals surface area contributed by atoms with E-state index in [1.165, 1.54) is 0 Å². The summed E-state index contributed by atoms with van der Waals surface area (Å²) in [7, 11) is 0. The lowest BCUT2D eigenvalue weighted by Gasteiger charge is -2.28. The summed E-state index contributed by atoms with van der Waals surface area (Å²) in [5.41, 5.74) is 7.62. The van der Waals surface area contributed by atoms with Gasteiger partial charge in [-0.15, -0.1) is 0 Å². The number of phenols is 1. The third-order valence-corrected chi connectivity index (χ3v) is 4.80. The average Bonchev–Trinajstić information content (AvgIpc) is 2.62. The first-order valence-corrected chi connectivity index (χ1v) is 8.78. The second-order valence-electron chi connectivity index (χ2n) is 6.70. The Morgan fingerprint density at radius 1 is 1.00 bits per heavy atom. The summed E-state index contributed by atoms with van der Waals surface area (Å²) < 4.78 is 0. The second-order valence-corrected chi connectivity index (χ2v) is 6.70. The van der Waals surface area contributed by atoms with E-state index in [9.17, 15) is 5.11 Å². The number of aromatic nitrogens is 2. The van der Waals surface area contributed by atoms with Crippen molar-refractivity contribution in [1.29, 1.82) is 0 Å². The predicted octanol–water partition coefficient (Wildman–Crippen LogP) is 3.68. The molecule has 2 aromatic carbocycles. The van der Waals surface area contributed by atoms with E-state index in [2.05, 4.69) is 10.3 Å². The number of phenolic OH excluding ortho intramolecular Hbond substituents is 1. The molecule has 5 nitrogen and oxygen atoms in total. The number of fused-ring (bicyclic) bond motifs is 1. The summed E-state index contributed by atoms with van der Waals surface area (Å²) >= 11 is 0. The molecule has 5 heteroatoms. The number of anilines is 1. The van der Waals surface area contributed by atoms with Crippen LogP contribution < -0.4 is 11.1 Å². The number of hydrogen-bond donors (Lipinski definition) is 3. The quantitative estimate of drug-likeness (QED) is 0.680. The zero-order valence-electron chi connectivity index (χ0n) is 14.0. The van der Waals surface area contributed by atoms with Crippen molar-refractivity contribution in [3.8, 4) is 17.1 Å². The highest BCUT2D eigenvalue weighted by Gasteiger charge is 2.21. The molecule has 3 aromatic rings. The zero-order valence-corrected chi connectivity index (χ0v) is 14.0. The molecule has 0 amide bonds.